The summed E-state index contributed by atoms with van der Waals surface area (Å²) in [6.07, 6.45) is 3.43. The molecule has 0 radical (unpaired) electrons. The SMILES string of the molecule is CCN(Cc1ccccc1)C1CC(C)CCC1C#N. The molecule has 1 aliphatic rings. The lowest BCUT2D eigenvalue weighted by molar-refractivity contribution is 0.104. The van der Waals surface area contributed by atoms with Crippen LogP contribution in [0.2, 0.25) is 0 Å². The van der Waals surface area contributed by atoms with Crippen LogP contribution in [0.25, 0.3) is 0 Å². The van der Waals surface area contributed by atoms with Crippen LogP contribution in [0.3, 0.4) is 0 Å². The molecule has 3 atom stereocenters. The summed E-state index contributed by atoms with van der Waals surface area (Å²) in [7, 11) is 0. The summed E-state index contributed by atoms with van der Waals surface area (Å²) in [6, 6.07) is 13.6. The van der Waals surface area contributed by atoms with E-state index in [1.165, 1.54) is 18.4 Å². The standard InChI is InChI=1S/C17H24N2/c1-3-19(13-15-7-5-4-6-8-15)17-11-14(2)9-10-16(17)12-18/h4-8,14,16-17H,3,9-11,13H2,1-2H3. The molecule has 0 heterocycles. The molecule has 19 heavy (non-hydrogen) atoms. The first-order chi connectivity index (χ1) is 9.24. The predicted octanol–water partition coefficient (Wildman–Crippen LogP) is 3.84. The van der Waals surface area contributed by atoms with Crippen LogP contribution in [0.5, 0.6) is 0 Å². The lowest BCUT2D eigenvalue weighted by Gasteiger charge is -2.39. The highest BCUT2D eigenvalue weighted by atomic mass is 15.2. The molecule has 0 N–H and O–H groups in total. The molecule has 3 unspecified atom stereocenters. The third-order valence-corrected chi connectivity index (χ3v) is 4.35. The van der Waals surface area contributed by atoms with E-state index in [0.717, 1.165) is 25.4 Å². The Labute approximate surface area is 117 Å². The Bertz CT molecular complexity index is 421. The van der Waals surface area contributed by atoms with Gasteiger partial charge in [-0.1, -0.05) is 44.2 Å². The minimum Gasteiger partial charge on any atom is -0.295 e. The van der Waals surface area contributed by atoms with Crippen LogP contribution in [-0.2, 0) is 6.54 Å². The maximum atomic E-state index is 9.38. The molecule has 0 bridgehead atoms. The van der Waals surface area contributed by atoms with Gasteiger partial charge in [-0.3, -0.25) is 4.90 Å². The molecule has 102 valence electrons. The smallest absolute Gasteiger partial charge is 0.0672 e. The molecule has 0 aromatic heterocycles. The lowest BCUT2D eigenvalue weighted by Crippen LogP contribution is -2.43. The van der Waals surface area contributed by atoms with Gasteiger partial charge in [0.1, 0.15) is 0 Å². The summed E-state index contributed by atoms with van der Waals surface area (Å²) >= 11 is 0. The molecule has 2 rings (SSSR count). The van der Waals surface area contributed by atoms with Crippen LogP contribution in [0.15, 0.2) is 30.3 Å². The summed E-state index contributed by atoms with van der Waals surface area (Å²) in [4.78, 5) is 2.48. The topological polar surface area (TPSA) is 27.0 Å². The summed E-state index contributed by atoms with van der Waals surface area (Å²) in [5.41, 5.74) is 1.35. The van der Waals surface area contributed by atoms with E-state index in [-0.39, 0.29) is 5.92 Å². The first kappa shape index (κ1) is 14.1. The van der Waals surface area contributed by atoms with Crippen molar-refractivity contribution in [1.82, 2.24) is 4.90 Å². The van der Waals surface area contributed by atoms with E-state index in [0.29, 0.717) is 6.04 Å². The van der Waals surface area contributed by atoms with Crippen molar-refractivity contribution < 1.29 is 0 Å². The van der Waals surface area contributed by atoms with Gasteiger partial charge in [0.05, 0.1) is 12.0 Å². The van der Waals surface area contributed by atoms with Crippen molar-refractivity contribution in [3.05, 3.63) is 35.9 Å². The molecule has 1 saturated carbocycles. The van der Waals surface area contributed by atoms with Crippen molar-refractivity contribution in [2.45, 2.75) is 45.7 Å². The van der Waals surface area contributed by atoms with Crippen molar-refractivity contribution in [2.75, 3.05) is 6.54 Å². The summed E-state index contributed by atoms with van der Waals surface area (Å²) in [5.74, 6) is 0.958. The number of hydrogen-bond acceptors (Lipinski definition) is 2. The van der Waals surface area contributed by atoms with Gasteiger partial charge in [0.15, 0.2) is 0 Å². The summed E-state index contributed by atoms with van der Waals surface area (Å²) in [5, 5.41) is 9.38. The van der Waals surface area contributed by atoms with Gasteiger partial charge in [-0.25, -0.2) is 0 Å². The fourth-order valence-electron chi connectivity index (χ4n) is 3.19. The zero-order valence-electron chi connectivity index (χ0n) is 12.0. The maximum Gasteiger partial charge on any atom is 0.0672 e. The van der Waals surface area contributed by atoms with E-state index in [1.807, 2.05) is 0 Å². The molecule has 0 spiro atoms. The van der Waals surface area contributed by atoms with Crippen molar-refractivity contribution in [1.29, 1.82) is 5.26 Å². The first-order valence-electron chi connectivity index (χ1n) is 7.42. The highest BCUT2D eigenvalue weighted by Gasteiger charge is 2.32. The summed E-state index contributed by atoms with van der Waals surface area (Å²) in [6.45, 7) is 6.50. The van der Waals surface area contributed by atoms with Gasteiger partial charge in [-0.15, -0.1) is 0 Å². The van der Waals surface area contributed by atoms with E-state index in [2.05, 4.69) is 55.1 Å². The third-order valence-electron chi connectivity index (χ3n) is 4.35. The second kappa shape index (κ2) is 6.73. The van der Waals surface area contributed by atoms with E-state index >= 15 is 0 Å². The summed E-state index contributed by atoms with van der Waals surface area (Å²) < 4.78 is 0. The van der Waals surface area contributed by atoms with Gasteiger partial charge in [0, 0.05) is 12.6 Å². The van der Waals surface area contributed by atoms with Crippen LogP contribution in [0.1, 0.15) is 38.7 Å². The quantitative estimate of drug-likeness (QED) is 0.818. The van der Waals surface area contributed by atoms with E-state index in [9.17, 15) is 5.26 Å². The van der Waals surface area contributed by atoms with Crippen LogP contribution in [-0.4, -0.2) is 17.5 Å². The Morgan fingerprint density at radius 1 is 1.26 bits per heavy atom. The van der Waals surface area contributed by atoms with E-state index < -0.39 is 0 Å². The van der Waals surface area contributed by atoms with Crippen LogP contribution >= 0.6 is 0 Å². The minimum atomic E-state index is 0.208. The van der Waals surface area contributed by atoms with Crippen molar-refractivity contribution in [2.24, 2.45) is 11.8 Å². The average molecular weight is 256 g/mol. The average Bonchev–Trinajstić information content (AvgIpc) is 2.46. The molecular formula is C17H24N2. The largest absolute Gasteiger partial charge is 0.295 e. The van der Waals surface area contributed by atoms with Gasteiger partial charge in [0.25, 0.3) is 0 Å². The fraction of sp³-hybridized carbons (Fsp3) is 0.588. The van der Waals surface area contributed by atoms with Crippen LogP contribution < -0.4 is 0 Å². The molecule has 0 saturated heterocycles. The maximum absolute atomic E-state index is 9.38. The second-order valence-corrected chi connectivity index (χ2v) is 5.77. The molecule has 1 aliphatic carbocycles. The van der Waals surface area contributed by atoms with Gasteiger partial charge < -0.3 is 0 Å². The van der Waals surface area contributed by atoms with Gasteiger partial charge in [-0.05, 0) is 37.3 Å². The first-order valence-corrected chi connectivity index (χ1v) is 7.42. The Morgan fingerprint density at radius 3 is 2.63 bits per heavy atom. The second-order valence-electron chi connectivity index (χ2n) is 5.77. The molecule has 1 aromatic carbocycles. The zero-order valence-corrected chi connectivity index (χ0v) is 12.0. The zero-order chi connectivity index (χ0) is 13.7. The molecule has 0 amide bonds. The van der Waals surface area contributed by atoms with Crippen molar-refractivity contribution in [3.63, 3.8) is 0 Å². The highest BCUT2D eigenvalue weighted by molar-refractivity contribution is 5.15. The third kappa shape index (κ3) is 3.58. The number of benzene rings is 1. The van der Waals surface area contributed by atoms with Gasteiger partial charge in [0.2, 0.25) is 0 Å². The monoisotopic (exact) mass is 256 g/mol. The molecule has 2 heteroatoms. The van der Waals surface area contributed by atoms with Crippen molar-refractivity contribution >= 4 is 0 Å². The van der Waals surface area contributed by atoms with E-state index in [4.69, 9.17) is 0 Å². The highest BCUT2D eigenvalue weighted by Crippen LogP contribution is 2.32. The molecular weight excluding hydrogens is 232 g/mol. The molecule has 1 aromatic rings. The van der Waals surface area contributed by atoms with Crippen LogP contribution in [0.4, 0.5) is 0 Å². The van der Waals surface area contributed by atoms with Crippen LogP contribution in [0, 0.1) is 23.2 Å². The minimum absolute atomic E-state index is 0.208. The van der Waals surface area contributed by atoms with Gasteiger partial charge >= 0.3 is 0 Å². The number of rotatable bonds is 4. The Kier molecular flexibility index (Phi) is 4.99. The number of hydrogen-bond donors (Lipinski definition) is 0. The van der Waals surface area contributed by atoms with Gasteiger partial charge in [-0.2, -0.15) is 5.26 Å². The lowest BCUT2D eigenvalue weighted by atomic mass is 9.79. The Balaban J connectivity index is 2.09. The molecule has 2 nitrogen and oxygen atoms in total. The van der Waals surface area contributed by atoms with Crippen molar-refractivity contribution in [3.8, 4) is 6.07 Å². The Hall–Kier alpha value is -1.33. The van der Waals surface area contributed by atoms with E-state index in [1.54, 1.807) is 0 Å². The fourth-order valence-corrected chi connectivity index (χ4v) is 3.19. The predicted molar refractivity (Wildman–Crippen MR) is 78.4 cm³/mol. The number of nitrogens with zero attached hydrogens (tertiary/aromatic N) is 2. The Morgan fingerprint density at radius 2 is 2.00 bits per heavy atom. The number of nitriles is 1. The normalized spacial score (nSPS) is 27.2. The molecule has 1 fully saturated rings. The molecule has 0 aliphatic heterocycles.